The number of methoxy groups -OCH3 is 1. The average molecular weight is 189 g/mol. The third kappa shape index (κ3) is 2.60. The van der Waals surface area contributed by atoms with Gasteiger partial charge in [0.2, 0.25) is 0 Å². The Hall–Kier alpha value is -1.82. The van der Waals surface area contributed by atoms with E-state index in [1.165, 1.54) is 7.11 Å². The Kier molecular flexibility index (Phi) is 3.69. The molecule has 1 rings (SSSR count). The van der Waals surface area contributed by atoms with E-state index in [2.05, 4.69) is 10.8 Å². The number of esters is 1. The summed E-state index contributed by atoms with van der Waals surface area (Å²) in [5, 5.41) is 8.87. The van der Waals surface area contributed by atoms with Gasteiger partial charge in [0.1, 0.15) is 0 Å². The third-order valence-corrected chi connectivity index (χ3v) is 1.96. The van der Waals surface area contributed by atoms with Crippen LogP contribution in [-0.2, 0) is 9.53 Å². The second-order valence-electron chi connectivity index (χ2n) is 2.87. The molecule has 3 nitrogen and oxygen atoms in total. The summed E-state index contributed by atoms with van der Waals surface area (Å²) in [6.07, 6.45) is 0.108. The van der Waals surface area contributed by atoms with E-state index in [-0.39, 0.29) is 12.4 Å². The van der Waals surface area contributed by atoms with Gasteiger partial charge in [-0.3, -0.25) is 4.79 Å². The molecule has 14 heavy (non-hydrogen) atoms. The van der Waals surface area contributed by atoms with Gasteiger partial charge in [0.05, 0.1) is 25.5 Å². The molecule has 0 saturated heterocycles. The first kappa shape index (κ1) is 10.3. The molecule has 72 valence electrons. The molecule has 1 aromatic rings. The first-order chi connectivity index (χ1) is 6.77. The van der Waals surface area contributed by atoms with Crippen molar-refractivity contribution in [3.63, 3.8) is 0 Å². The largest absolute Gasteiger partial charge is 0.469 e. The number of hydrogen-bond donors (Lipinski definition) is 0. The highest BCUT2D eigenvalue weighted by molar-refractivity contribution is 5.71. The van der Waals surface area contributed by atoms with Gasteiger partial charge in [0.15, 0.2) is 0 Å². The molecule has 0 aliphatic heterocycles. The van der Waals surface area contributed by atoms with Crippen LogP contribution in [-0.4, -0.2) is 13.1 Å². The van der Waals surface area contributed by atoms with Crippen LogP contribution in [0.25, 0.3) is 0 Å². The van der Waals surface area contributed by atoms with Gasteiger partial charge in [-0.25, -0.2) is 0 Å². The lowest BCUT2D eigenvalue weighted by Crippen LogP contribution is -2.06. The molecule has 0 amide bonds. The van der Waals surface area contributed by atoms with E-state index in [9.17, 15) is 4.79 Å². The molecule has 0 aliphatic carbocycles. The van der Waals surface area contributed by atoms with Crippen molar-refractivity contribution in [1.82, 2.24) is 0 Å². The standard InChI is InChI=1S/C11H11NO2/c1-14-11(13)7-10(8-12)9-5-3-2-4-6-9/h2-6,10H,7H2,1H3/t10-/m0/s1. The number of hydrogen-bond acceptors (Lipinski definition) is 3. The molecule has 0 bridgehead atoms. The Morgan fingerprint density at radius 1 is 1.50 bits per heavy atom. The zero-order valence-electron chi connectivity index (χ0n) is 7.93. The SMILES string of the molecule is COC(=O)C[C@@H](C#N)c1ccccc1. The Balaban J connectivity index is 2.74. The fourth-order valence-electron chi connectivity index (χ4n) is 1.17. The molecule has 1 atom stereocenters. The molecule has 0 fully saturated rings. The summed E-state index contributed by atoms with van der Waals surface area (Å²) < 4.78 is 4.51. The van der Waals surface area contributed by atoms with Crippen LogP contribution in [0.4, 0.5) is 0 Å². The Morgan fingerprint density at radius 3 is 2.64 bits per heavy atom. The lowest BCUT2D eigenvalue weighted by molar-refractivity contribution is -0.140. The first-order valence-electron chi connectivity index (χ1n) is 4.29. The van der Waals surface area contributed by atoms with Crippen molar-refractivity contribution in [2.75, 3.05) is 7.11 Å². The van der Waals surface area contributed by atoms with E-state index in [0.29, 0.717) is 0 Å². The summed E-state index contributed by atoms with van der Waals surface area (Å²) in [5.74, 6) is -0.774. The normalized spacial score (nSPS) is 11.4. The van der Waals surface area contributed by atoms with Gasteiger partial charge in [-0.15, -0.1) is 0 Å². The van der Waals surface area contributed by atoms with Gasteiger partial charge in [-0.05, 0) is 5.56 Å². The first-order valence-corrected chi connectivity index (χ1v) is 4.29. The van der Waals surface area contributed by atoms with Crippen LogP contribution in [0.15, 0.2) is 30.3 Å². The average Bonchev–Trinajstić information content (AvgIpc) is 2.26. The maximum Gasteiger partial charge on any atom is 0.307 e. The molecule has 1 aromatic carbocycles. The maximum absolute atomic E-state index is 11.0. The topological polar surface area (TPSA) is 50.1 Å². The van der Waals surface area contributed by atoms with Crippen LogP contribution in [0.3, 0.4) is 0 Å². The molecule has 0 aliphatic rings. The molecular weight excluding hydrogens is 178 g/mol. The Morgan fingerprint density at radius 2 is 2.14 bits per heavy atom. The van der Waals surface area contributed by atoms with E-state index >= 15 is 0 Å². The van der Waals surface area contributed by atoms with Gasteiger partial charge >= 0.3 is 5.97 Å². The van der Waals surface area contributed by atoms with E-state index in [4.69, 9.17) is 5.26 Å². The molecule has 0 heterocycles. The van der Waals surface area contributed by atoms with Crippen LogP contribution in [0, 0.1) is 11.3 Å². The fraction of sp³-hybridized carbons (Fsp3) is 0.273. The van der Waals surface area contributed by atoms with Crippen molar-refractivity contribution >= 4 is 5.97 Å². The van der Waals surface area contributed by atoms with Crippen LogP contribution in [0.1, 0.15) is 17.9 Å². The predicted octanol–water partition coefficient (Wildman–Crippen LogP) is 1.86. The fourth-order valence-corrected chi connectivity index (χ4v) is 1.17. The summed E-state index contributed by atoms with van der Waals surface area (Å²) in [6.45, 7) is 0. The van der Waals surface area contributed by atoms with Gasteiger partial charge in [-0.2, -0.15) is 5.26 Å². The zero-order chi connectivity index (χ0) is 10.4. The molecule has 0 radical (unpaired) electrons. The number of rotatable bonds is 3. The van der Waals surface area contributed by atoms with Crippen molar-refractivity contribution < 1.29 is 9.53 Å². The summed E-state index contributed by atoms with van der Waals surface area (Å²) in [7, 11) is 1.32. The monoisotopic (exact) mass is 189 g/mol. The molecule has 3 heteroatoms. The minimum absolute atomic E-state index is 0.108. The highest BCUT2D eigenvalue weighted by Crippen LogP contribution is 2.18. The van der Waals surface area contributed by atoms with E-state index < -0.39 is 5.92 Å². The van der Waals surface area contributed by atoms with Crippen molar-refractivity contribution in [1.29, 1.82) is 5.26 Å². The van der Waals surface area contributed by atoms with Gasteiger partial charge in [0.25, 0.3) is 0 Å². The highest BCUT2D eigenvalue weighted by Gasteiger charge is 2.14. The predicted molar refractivity (Wildman–Crippen MR) is 51.4 cm³/mol. The minimum atomic E-state index is -0.413. The minimum Gasteiger partial charge on any atom is -0.469 e. The lowest BCUT2D eigenvalue weighted by Gasteiger charge is -2.06. The van der Waals surface area contributed by atoms with Crippen molar-refractivity contribution in [2.45, 2.75) is 12.3 Å². The van der Waals surface area contributed by atoms with Gasteiger partial charge < -0.3 is 4.74 Å². The summed E-state index contributed by atoms with van der Waals surface area (Å²) in [6, 6.07) is 11.3. The second-order valence-corrected chi connectivity index (χ2v) is 2.87. The molecular formula is C11H11NO2. The Labute approximate surface area is 82.9 Å². The van der Waals surface area contributed by atoms with Crippen LogP contribution < -0.4 is 0 Å². The second kappa shape index (κ2) is 5.03. The summed E-state index contributed by atoms with van der Waals surface area (Å²) in [4.78, 5) is 11.0. The van der Waals surface area contributed by atoms with E-state index in [0.717, 1.165) is 5.56 Å². The van der Waals surface area contributed by atoms with Gasteiger partial charge in [-0.1, -0.05) is 30.3 Å². The van der Waals surface area contributed by atoms with Crippen molar-refractivity contribution in [3.05, 3.63) is 35.9 Å². The van der Waals surface area contributed by atoms with Crippen molar-refractivity contribution in [3.8, 4) is 6.07 Å². The van der Waals surface area contributed by atoms with E-state index in [1.807, 2.05) is 30.3 Å². The molecule has 0 N–H and O–H groups in total. The molecule has 0 aromatic heterocycles. The van der Waals surface area contributed by atoms with Crippen molar-refractivity contribution in [2.24, 2.45) is 0 Å². The van der Waals surface area contributed by atoms with Gasteiger partial charge in [0, 0.05) is 0 Å². The van der Waals surface area contributed by atoms with Crippen LogP contribution >= 0.6 is 0 Å². The number of ether oxygens (including phenoxy) is 1. The number of benzene rings is 1. The maximum atomic E-state index is 11.0. The smallest absolute Gasteiger partial charge is 0.307 e. The number of nitrogens with zero attached hydrogens (tertiary/aromatic N) is 1. The quantitative estimate of drug-likeness (QED) is 0.682. The zero-order valence-corrected chi connectivity index (χ0v) is 7.93. The molecule has 0 unspecified atom stereocenters. The van der Waals surface area contributed by atoms with Crippen LogP contribution in [0.5, 0.6) is 0 Å². The highest BCUT2D eigenvalue weighted by atomic mass is 16.5. The molecule has 0 spiro atoms. The Bertz CT molecular complexity index is 340. The number of nitriles is 1. The van der Waals surface area contributed by atoms with Crippen LogP contribution in [0.2, 0.25) is 0 Å². The number of carbonyl (C=O) groups excluding carboxylic acids is 1. The lowest BCUT2D eigenvalue weighted by atomic mass is 9.97. The molecule has 0 saturated carbocycles. The summed E-state index contributed by atoms with van der Waals surface area (Å²) >= 11 is 0. The number of carbonyl (C=O) groups is 1. The van der Waals surface area contributed by atoms with E-state index in [1.54, 1.807) is 0 Å². The summed E-state index contributed by atoms with van der Waals surface area (Å²) in [5.41, 5.74) is 0.848. The third-order valence-electron chi connectivity index (χ3n) is 1.96.